The van der Waals surface area contributed by atoms with Crippen LogP contribution in [0.5, 0.6) is 0 Å². The van der Waals surface area contributed by atoms with Crippen LogP contribution in [0.4, 0.5) is 0 Å². The van der Waals surface area contributed by atoms with Gasteiger partial charge >= 0.3 is 0 Å². The maximum Gasteiger partial charge on any atom is 0.0638 e. The van der Waals surface area contributed by atoms with E-state index in [-0.39, 0.29) is 18.2 Å². The topological polar surface area (TPSA) is 53.3 Å². The number of likely N-dealkylation sites (tertiary alicyclic amines) is 1. The van der Waals surface area contributed by atoms with Crippen molar-refractivity contribution < 1.29 is 5.11 Å². The number of hydrogen-bond donors (Lipinski definition) is 2. The van der Waals surface area contributed by atoms with E-state index in [1.54, 1.807) is 0 Å². The highest BCUT2D eigenvalue weighted by Gasteiger charge is 2.47. The number of likely N-dealkylation sites (N-methyl/N-ethyl adjacent to an activating group) is 1. The Morgan fingerprint density at radius 3 is 2.72 bits per heavy atom. The van der Waals surface area contributed by atoms with Gasteiger partial charge in [0.15, 0.2) is 0 Å². The molecule has 1 fully saturated rings. The SMILES string of the molecule is C=CCn1cc(CNC[C@H]2C[C@@](C)(CO)N(CC)[C@H]2c2ccc(Cl)cc2)c(C)n1. The molecule has 2 heterocycles. The van der Waals surface area contributed by atoms with Crippen molar-refractivity contribution in [2.24, 2.45) is 5.92 Å². The largest absolute Gasteiger partial charge is 0.394 e. The van der Waals surface area contributed by atoms with Crippen LogP contribution in [0.25, 0.3) is 0 Å². The molecule has 0 aliphatic carbocycles. The number of rotatable bonds is 9. The molecule has 158 valence electrons. The van der Waals surface area contributed by atoms with Crippen LogP contribution in [-0.4, -0.2) is 45.0 Å². The Kier molecular flexibility index (Phi) is 7.17. The fourth-order valence-electron chi connectivity index (χ4n) is 4.76. The molecule has 3 rings (SSSR count). The summed E-state index contributed by atoms with van der Waals surface area (Å²) in [5, 5.41) is 19.1. The second-order valence-electron chi connectivity index (χ2n) is 8.28. The van der Waals surface area contributed by atoms with Crippen molar-refractivity contribution >= 4 is 11.6 Å². The molecule has 1 aromatic heterocycles. The Bertz CT molecular complexity index is 819. The minimum absolute atomic E-state index is 0.162. The number of nitrogens with one attached hydrogen (secondary N) is 1. The number of nitrogens with zero attached hydrogens (tertiary/aromatic N) is 3. The van der Waals surface area contributed by atoms with Crippen LogP contribution in [0, 0.1) is 12.8 Å². The zero-order valence-corrected chi connectivity index (χ0v) is 18.5. The third-order valence-electron chi connectivity index (χ3n) is 6.16. The predicted molar refractivity (Wildman–Crippen MR) is 119 cm³/mol. The number of aliphatic hydroxyl groups is 1. The summed E-state index contributed by atoms with van der Waals surface area (Å²) >= 11 is 6.12. The summed E-state index contributed by atoms with van der Waals surface area (Å²) in [6.45, 7) is 13.6. The highest BCUT2D eigenvalue weighted by molar-refractivity contribution is 6.30. The summed E-state index contributed by atoms with van der Waals surface area (Å²) in [6, 6.07) is 8.42. The van der Waals surface area contributed by atoms with E-state index in [1.807, 2.05) is 29.8 Å². The molecule has 0 bridgehead atoms. The molecule has 5 nitrogen and oxygen atoms in total. The minimum Gasteiger partial charge on any atom is -0.394 e. The molecule has 1 aliphatic heterocycles. The second kappa shape index (κ2) is 9.43. The summed E-state index contributed by atoms with van der Waals surface area (Å²) in [6.07, 6.45) is 4.89. The van der Waals surface area contributed by atoms with Crippen LogP contribution in [0.2, 0.25) is 5.02 Å². The summed E-state index contributed by atoms with van der Waals surface area (Å²) in [7, 11) is 0. The van der Waals surface area contributed by atoms with Gasteiger partial charge in [-0.05, 0) is 50.4 Å². The number of hydrogen-bond acceptors (Lipinski definition) is 4. The van der Waals surface area contributed by atoms with Gasteiger partial charge in [0.05, 0.1) is 18.8 Å². The van der Waals surface area contributed by atoms with E-state index >= 15 is 0 Å². The Labute approximate surface area is 179 Å². The Morgan fingerprint density at radius 1 is 1.38 bits per heavy atom. The normalized spacial score (nSPS) is 24.9. The van der Waals surface area contributed by atoms with Gasteiger partial charge in [-0.15, -0.1) is 6.58 Å². The number of aromatic nitrogens is 2. The molecule has 0 amide bonds. The lowest BCUT2D eigenvalue weighted by molar-refractivity contribution is 0.0579. The second-order valence-corrected chi connectivity index (χ2v) is 8.72. The van der Waals surface area contributed by atoms with Crippen molar-refractivity contribution in [1.29, 1.82) is 0 Å². The van der Waals surface area contributed by atoms with Gasteiger partial charge in [0.25, 0.3) is 0 Å². The summed E-state index contributed by atoms with van der Waals surface area (Å²) in [4.78, 5) is 2.44. The number of aryl methyl sites for hydroxylation is 1. The maximum atomic E-state index is 10.1. The van der Waals surface area contributed by atoms with Crippen LogP contribution in [0.15, 0.2) is 43.1 Å². The molecule has 0 unspecified atom stereocenters. The first kappa shape index (κ1) is 22.0. The number of benzene rings is 1. The van der Waals surface area contributed by atoms with Crippen molar-refractivity contribution in [3.05, 3.63) is 65.0 Å². The van der Waals surface area contributed by atoms with Gasteiger partial charge in [0.1, 0.15) is 0 Å². The maximum absolute atomic E-state index is 10.1. The molecule has 2 aromatic rings. The van der Waals surface area contributed by atoms with Crippen LogP contribution < -0.4 is 5.32 Å². The van der Waals surface area contributed by atoms with E-state index in [9.17, 15) is 5.11 Å². The Morgan fingerprint density at radius 2 is 2.10 bits per heavy atom. The number of aliphatic hydroxyl groups excluding tert-OH is 1. The van der Waals surface area contributed by atoms with Gasteiger partial charge in [-0.1, -0.05) is 36.7 Å². The average Bonchev–Trinajstić information content (AvgIpc) is 3.19. The molecule has 1 saturated heterocycles. The quantitative estimate of drug-likeness (QED) is 0.607. The van der Waals surface area contributed by atoms with Crippen LogP contribution in [0.1, 0.15) is 43.1 Å². The molecule has 6 heteroatoms. The average molecular weight is 417 g/mol. The lowest BCUT2D eigenvalue weighted by Gasteiger charge is -2.37. The summed E-state index contributed by atoms with van der Waals surface area (Å²) < 4.78 is 1.92. The van der Waals surface area contributed by atoms with Gasteiger partial charge in [-0.25, -0.2) is 0 Å². The van der Waals surface area contributed by atoms with E-state index < -0.39 is 0 Å². The van der Waals surface area contributed by atoms with Gasteiger partial charge in [0.2, 0.25) is 0 Å². The highest BCUT2D eigenvalue weighted by atomic mass is 35.5. The fraction of sp³-hybridized carbons (Fsp3) is 0.522. The van der Waals surface area contributed by atoms with Gasteiger partial charge in [0, 0.05) is 41.5 Å². The molecule has 0 saturated carbocycles. The third-order valence-corrected chi connectivity index (χ3v) is 6.41. The van der Waals surface area contributed by atoms with E-state index in [0.29, 0.717) is 5.92 Å². The van der Waals surface area contributed by atoms with Crippen molar-refractivity contribution in [3.8, 4) is 0 Å². The highest BCUT2D eigenvalue weighted by Crippen LogP contribution is 2.46. The predicted octanol–water partition coefficient (Wildman–Crippen LogP) is 3.95. The summed E-state index contributed by atoms with van der Waals surface area (Å²) in [5.74, 6) is 0.400. The van der Waals surface area contributed by atoms with E-state index in [0.717, 1.165) is 43.3 Å². The number of allylic oxidation sites excluding steroid dienone is 1. The molecule has 0 spiro atoms. The molecular formula is C23H33ClN4O. The first-order valence-electron chi connectivity index (χ1n) is 10.4. The molecule has 29 heavy (non-hydrogen) atoms. The lowest BCUT2D eigenvalue weighted by Crippen LogP contribution is -2.45. The summed E-state index contributed by atoms with van der Waals surface area (Å²) in [5.41, 5.74) is 3.31. The molecule has 1 aliphatic rings. The zero-order chi connectivity index (χ0) is 21.0. The Hall–Kier alpha value is -1.66. The van der Waals surface area contributed by atoms with Gasteiger partial charge < -0.3 is 10.4 Å². The van der Waals surface area contributed by atoms with Crippen molar-refractivity contribution in [3.63, 3.8) is 0 Å². The first-order chi connectivity index (χ1) is 13.9. The molecule has 0 radical (unpaired) electrons. The number of halogens is 1. The van der Waals surface area contributed by atoms with Crippen LogP contribution >= 0.6 is 11.6 Å². The molecule has 3 atom stereocenters. The van der Waals surface area contributed by atoms with Crippen LogP contribution in [-0.2, 0) is 13.1 Å². The molecule has 1 aromatic carbocycles. The first-order valence-corrected chi connectivity index (χ1v) is 10.8. The lowest BCUT2D eigenvalue weighted by atomic mass is 9.90. The third kappa shape index (κ3) is 4.75. The van der Waals surface area contributed by atoms with Gasteiger partial charge in [-0.3, -0.25) is 9.58 Å². The monoisotopic (exact) mass is 416 g/mol. The minimum atomic E-state index is -0.212. The van der Waals surface area contributed by atoms with Crippen molar-refractivity contribution in [2.75, 3.05) is 19.7 Å². The van der Waals surface area contributed by atoms with Crippen molar-refractivity contribution in [2.45, 2.75) is 51.9 Å². The standard InChI is InChI=1S/C23H33ClN4O/c1-5-11-27-15-20(17(3)26-27)14-25-13-19-12-23(4,16-29)28(6-2)22(19)18-7-9-21(24)10-8-18/h5,7-10,15,19,22,25,29H,1,6,11-14,16H2,2-4H3/t19-,22+,23+/m1/s1. The molecule has 2 N–H and O–H groups in total. The fourth-order valence-corrected chi connectivity index (χ4v) is 4.89. The van der Waals surface area contributed by atoms with E-state index in [1.165, 1.54) is 11.1 Å². The Balaban J connectivity index is 1.74. The van der Waals surface area contributed by atoms with E-state index in [2.05, 4.69) is 54.1 Å². The van der Waals surface area contributed by atoms with E-state index in [4.69, 9.17) is 11.6 Å². The molecular weight excluding hydrogens is 384 g/mol. The zero-order valence-electron chi connectivity index (χ0n) is 17.7. The van der Waals surface area contributed by atoms with Crippen LogP contribution in [0.3, 0.4) is 0 Å². The van der Waals surface area contributed by atoms with Crippen molar-refractivity contribution in [1.82, 2.24) is 20.0 Å². The van der Waals surface area contributed by atoms with Gasteiger partial charge in [-0.2, -0.15) is 5.10 Å². The smallest absolute Gasteiger partial charge is 0.0638 e.